The van der Waals surface area contributed by atoms with Crippen molar-refractivity contribution in [2.24, 2.45) is 0 Å². The summed E-state index contributed by atoms with van der Waals surface area (Å²) in [5, 5.41) is 5.01. The van der Waals surface area contributed by atoms with E-state index in [1.165, 1.54) is 30.6 Å². The Bertz CT molecular complexity index is 823. The Morgan fingerprint density at radius 1 is 1.20 bits per heavy atom. The Hall–Kier alpha value is -2.14. The molecule has 0 aliphatic heterocycles. The summed E-state index contributed by atoms with van der Waals surface area (Å²) in [5.41, 5.74) is 2.14. The van der Waals surface area contributed by atoms with Crippen LogP contribution >= 0.6 is 11.3 Å². The van der Waals surface area contributed by atoms with Gasteiger partial charge >= 0.3 is 0 Å². The van der Waals surface area contributed by atoms with Crippen LogP contribution in [0.3, 0.4) is 0 Å². The summed E-state index contributed by atoms with van der Waals surface area (Å²) in [6, 6.07) is 11.8. The zero-order valence-electron chi connectivity index (χ0n) is 14.9. The van der Waals surface area contributed by atoms with Gasteiger partial charge in [-0.1, -0.05) is 44.4 Å². The zero-order chi connectivity index (χ0) is 17.6. The fourth-order valence-electron chi connectivity index (χ4n) is 3.10. The molecule has 4 nitrogen and oxygen atoms in total. The van der Waals surface area contributed by atoms with Crippen LogP contribution in [0.2, 0.25) is 0 Å². The standard InChI is InChI=1S/C20H25N3OS/c1-3-4-5-8-13-23-17-11-7-6-10-16(17)22-19(23)15(2)21-20(24)18-12-9-14-25-18/h6-7,9-12,14-15H,3-5,8,13H2,1-2H3,(H,21,24). The monoisotopic (exact) mass is 355 g/mol. The van der Waals surface area contributed by atoms with Gasteiger partial charge in [0, 0.05) is 6.54 Å². The molecule has 0 spiro atoms. The number of unbranched alkanes of at least 4 members (excludes halogenated alkanes) is 3. The maximum absolute atomic E-state index is 12.4. The Kier molecular flexibility index (Phi) is 5.87. The Morgan fingerprint density at radius 2 is 2.04 bits per heavy atom. The number of nitrogens with one attached hydrogen (secondary N) is 1. The number of para-hydroxylation sites is 2. The second-order valence-electron chi connectivity index (χ2n) is 6.34. The summed E-state index contributed by atoms with van der Waals surface area (Å²) in [6.45, 7) is 5.17. The van der Waals surface area contributed by atoms with Gasteiger partial charge in [0.2, 0.25) is 0 Å². The van der Waals surface area contributed by atoms with E-state index in [0.717, 1.165) is 34.7 Å². The van der Waals surface area contributed by atoms with Gasteiger partial charge in [0.25, 0.3) is 5.91 Å². The molecule has 5 heteroatoms. The van der Waals surface area contributed by atoms with E-state index in [0.29, 0.717) is 0 Å². The first-order chi connectivity index (χ1) is 12.2. The Labute approximate surface area is 152 Å². The van der Waals surface area contributed by atoms with Gasteiger partial charge in [-0.3, -0.25) is 4.79 Å². The molecule has 0 saturated carbocycles. The molecule has 25 heavy (non-hydrogen) atoms. The highest BCUT2D eigenvalue weighted by atomic mass is 32.1. The first kappa shape index (κ1) is 17.7. The second kappa shape index (κ2) is 8.30. The quantitative estimate of drug-likeness (QED) is 0.567. The van der Waals surface area contributed by atoms with Gasteiger partial charge in [0.1, 0.15) is 5.82 Å². The lowest BCUT2D eigenvalue weighted by Gasteiger charge is -2.16. The van der Waals surface area contributed by atoms with Crippen molar-refractivity contribution in [3.05, 3.63) is 52.5 Å². The van der Waals surface area contributed by atoms with E-state index in [2.05, 4.69) is 22.9 Å². The van der Waals surface area contributed by atoms with E-state index >= 15 is 0 Å². The summed E-state index contributed by atoms with van der Waals surface area (Å²) in [5.74, 6) is 0.898. The molecule has 1 aromatic carbocycles. The second-order valence-corrected chi connectivity index (χ2v) is 7.29. The van der Waals surface area contributed by atoms with Crippen LogP contribution in [-0.2, 0) is 6.54 Å². The summed E-state index contributed by atoms with van der Waals surface area (Å²) in [7, 11) is 0. The van der Waals surface area contributed by atoms with Gasteiger partial charge in [-0.15, -0.1) is 11.3 Å². The number of amides is 1. The van der Waals surface area contributed by atoms with Crippen LogP contribution in [0.1, 0.15) is 61.1 Å². The number of nitrogens with zero attached hydrogens (tertiary/aromatic N) is 2. The molecule has 1 N–H and O–H groups in total. The molecule has 1 atom stereocenters. The van der Waals surface area contributed by atoms with Crippen LogP contribution < -0.4 is 5.32 Å². The van der Waals surface area contributed by atoms with Gasteiger partial charge in [-0.05, 0) is 36.9 Å². The lowest BCUT2D eigenvalue weighted by atomic mass is 10.2. The van der Waals surface area contributed by atoms with Crippen LogP contribution in [0.25, 0.3) is 11.0 Å². The van der Waals surface area contributed by atoms with E-state index in [4.69, 9.17) is 4.98 Å². The molecular weight excluding hydrogens is 330 g/mol. The molecule has 1 amide bonds. The molecule has 1 unspecified atom stereocenters. The predicted octanol–water partition coefficient (Wildman–Crippen LogP) is 5.17. The minimum atomic E-state index is -0.131. The number of imidazole rings is 1. The lowest BCUT2D eigenvalue weighted by molar-refractivity contribution is 0.0942. The smallest absolute Gasteiger partial charge is 0.261 e. The van der Waals surface area contributed by atoms with Crippen LogP contribution in [-0.4, -0.2) is 15.5 Å². The number of carbonyl (C=O) groups excluding carboxylic acids is 1. The maximum Gasteiger partial charge on any atom is 0.261 e. The zero-order valence-corrected chi connectivity index (χ0v) is 15.7. The van der Waals surface area contributed by atoms with Crippen LogP contribution in [0.5, 0.6) is 0 Å². The molecule has 2 aromatic heterocycles. The van der Waals surface area contributed by atoms with Gasteiger partial charge in [0.05, 0.1) is 22.0 Å². The third kappa shape index (κ3) is 4.10. The summed E-state index contributed by atoms with van der Waals surface area (Å²) >= 11 is 1.46. The molecule has 2 heterocycles. The Balaban J connectivity index is 1.82. The third-order valence-corrected chi connectivity index (χ3v) is 5.27. The van der Waals surface area contributed by atoms with Crippen molar-refractivity contribution < 1.29 is 4.79 Å². The lowest BCUT2D eigenvalue weighted by Crippen LogP contribution is -2.28. The van der Waals surface area contributed by atoms with Crippen molar-refractivity contribution in [3.63, 3.8) is 0 Å². The fraction of sp³-hybridized carbons (Fsp3) is 0.400. The van der Waals surface area contributed by atoms with E-state index in [1.807, 2.05) is 42.6 Å². The SMILES string of the molecule is CCCCCCn1c(C(C)NC(=O)c2cccs2)nc2ccccc21. The van der Waals surface area contributed by atoms with Gasteiger partial charge in [-0.25, -0.2) is 4.98 Å². The van der Waals surface area contributed by atoms with E-state index in [-0.39, 0.29) is 11.9 Å². The molecule has 3 rings (SSSR count). The summed E-state index contributed by atoms with van der Waals surface area (Å²) in [6.07, 6.45) is 4.84. The molecule has 0 saturated heterocycles. The highest BCUT2D eigenvalue weighted by molar-refractivity contribution is 7.12. The normalized spacial score (nSPS) is 12.4. The fourth-order valence-corrected chi connectivity index (χ4v) is 3.72. The van der Waals surface area contributed by atoms with E-state index < -0.39 is 0 Å². The van der Waals surface area contributed by atoms with E-state index in [1.54, 1.807) is 0 Å². The van der Waals surface area contributed by atoms with Crippen molar-refractivity contribution in [2.45, 2.75) is 52.1 Å². The van der Waals surface area contributed by atoms with Crippen molar-refractivity contribution in [1.29, 1.82) is 0 Å². The molecule has 0 aliphatic rings. The van der Waals surface area contributed by atoms with Crippen LogP contribution in [0.4, 0.5) is 0 Å². The molecule has 132 valence electrons. The van der Waals surface area contributed by atoms with Crippen molar-refractivity contribution in [3.8, 4) is 0 Å². The number of hydrogen-bond acceptors (Lipinski definition) is 3. The number of hydrogen-bond donors (Lipinski definition) is 1. The van der Waals surface area contributed by atoms with Gasteiger partial charge < -0.3 is 9.88 Å². The van der Waals surface area contributed by atoms with E-state index in [9.17, 15) is 4.79 Å². The minimum Gasteiger partial charge on any atom is -0.342 e. The average Bonchev–Trinajstić information content (AvgIpc) is 3.27. The molecule has 0 fully saturated rings. The molecule has 0 aliphatic carbocycles. The topological polar surface area (TPSA) is 46.9 Å². The minimum absolute atomic E-state index is 0.0351. The number of carbonyl (C=O) groups is 1. The van der Waals surface area contributed by atoms with Gasteiger partial charge in [0.15, 0.2) is 0 Å². The first-order valence-corrected chi connectivity index (χ1v) is 9.88. The molecule has 0 radical (unpaired) electrons. The summed E-state index contributed by atoms with van der Waals surface area (Å²) in [4.78, 5) is 17.9. The number of benzene rings is 1. The van der Waals surface area contributed by atoms with Crippen molar-refractivity contribution in [2.75, 3.05) is 0 Å². The Morgan fingerprint density at radius 3 is 2.80 bits per heavy atom. The largest absolute Gasteiger partial charge is 0.342 e. The molecule has 0 bridgehead atoms. The van der Waals surface area contributed by atoms with Gasteiger partial charge in [-0.2, -0.15) is 0 Å². The number of aryl methyl sites for hydroxylation is 1. The average molecular weight is 356 g/mol. The third-order valence-electron chi connectivity index (χ3n) is 4.40. The van der Waals surface area contributed by atoms with Crippen molar-refractivity contribution >= 4 is 28.3 Å². The number of aromatic nitrogens is 2. The van der Waals surface area contributed by atoms with Crippen LogP contribution in [0, 0.1) is 0 Å². The van der Waals surface area contributed by atoms with Crippen molar-refractivity contribution in [1.82, 2.24) is 14.9 Å². The highest BCUT2D eigenvalue weighted by Gasteiger charge is 2.19. The molecular formula is C20H25N3OS. The summed E-state index contributed by atoms with van der Waals surface area (Å²) < 4.78 is 2.27. The number of rotatable bonds is 8. The van der Waals surface area contributed by atoms with Crippen LogP contribution in [0.15, 0.2) is 41.8 Å². The first-order valence-electron chi connectivity index (χ1n) is 9.00. The number of fused-ring (bicyclic) bond motifs is 1. The maximum atomic E-state index is 12.4. The number of thiophene rings is 1. The highest BCUT2D eigenvalue weighted by Crippen LogP contribution is 2.22. The molecule has 3 aromatic rings. The predicted molar refractivity (Wildman–Crippen MR) is 104 cm³/mol.